The van der Waals surface area contributed by atoms with Gasteiger partial charge in [-0.05, 0) is 34.9 Å². The van der Waals surface area contributed by atoms with Gasteiger partial charge < -0.3 is 9.47 Å². The second-order valence-electron chi connectivity index (χ2n) is 7.64. The van der Waals surface area contributed by atoms with Crippen LogP contribution in [0.2, 0.25) is 0 Å². The molecule has 0 bridgehead atoms. The van der Waals surface area contributed by atoms with Crippen LogP contribution >= 0.6 is 0 Å². The average Bonchev–Trinajstić information content (AvgIpc) is 2.84. The molecular formula is C26H29N3O2. The molecule has 1 saturated heterocycles. The number of piperazine rings is 1. The number of methoxy groups -OCH3 is 1. The Hall–Kier alpha value is -3.31. The van der Waals surface area contributed by atoms with E-state index < -0.39 is 0 Å². The third-order valence-corrected chi connectivity index (χ3v) is 5.39. The lowest BCUT2D eigenvalue weighted by Crippen LogP contribution is -2.43. The Morgan fingerprint density at radius 1 is 0.806 bits per heavy atom. The van der Waals surface area contributed by atoms with Crippen LogP contribution in [0.15, 0.2) is 84.0 Å². The van der Waals surface area contributed by atoms with Gasteiger partial charge >= 0.3 is 0 Å². The summed E-state index contributed by atoms with van der Waals surface area (Å²) in [5.41, 5.74) is 3.48. The second-order valence-corrected chi connectivity index (χ2v) is 7.64. The molecule has 0 aliphatic carbocycles. The van der Waals surface area contributed by atoms with Gasteiger partial charge in [0.25, 0.3) is 0 Å². The van der Waals surface area contributed by atoms with E-state index in [9.17, 15) is 0 Å². The molecule has 31 heavy (non-hydrogen) atoms. The first-order valence-electron chi connectivity index (χ1n) is 10.7. The van der Waals surface area contributed by atoms with E-state index in [1.54, 1.807) is 7.11 Å². The predicted molar refractivity (Wildman–Crippen MR) is 125 cm³/mol. The van der Waals surface area contributed by atoms with Gasteiger partial charge in [-0.25, -0.2) is 0 Å². The molecule has 1 heterocycles. The first-order valence-corrected chi connectivity index (χ1v) is 10.7. The van der Waals surface area contributed by atoms with Crippen molar-refractivity contribution in [1.29, 1.82) is 0 Å². The Kier molecular flexibility index (Phi) is 7.19. The molecule has 1 aliphatic heterocycles. The second kappa shape index (κ2) is 10.6. The van der Waals surface area contributed by atoms with E-state index in [1.807, 2.05) is 54.7 Å². The zero-order valence-corrected chi connectivity index (χ0v) is 18.0. The fourth-order valence-electron chi connectivity index (χ4n) is 3.62. The lowest BCUT2D eigenvalue weighted by atomic mass is 10.2. The van der Waals surface area contributed by atoms with Crippen LogP contribution in [0.1, 0.15) is 16.7 Å². The molecule has 1 fully saturated rings. The van der Waals surface area contributed by atoms with Crippen LogP contribution < -0.4 is 9.47 Å². The lowest BCUT2D eigenvalue weighted by Gasteiger charge is -2.33. The number of ether oxygens (including phenoxy) is 2. The Balaban J connectivity index is 1.29. The van der Waals surface area contributed by atoms with Crippen molar-refractivity contribution < 1.29 is 9.47 Å². The maximum Gasteiger partial charge on any atom is 0.161 e. The Morgan fingerprint density at radius 2 is 1.48 bits per heavy atom. The third kappa shape index (κ3) is 6.09. The molecular weight excluding hydrogens is 386 g/mol. The molecule has 0 aromatic heterocycles. The van der Waals surface area contributed by atoms with E-state index in [0.29, 0.717) is 12.4 Å². The molecule has 0 saturated carbocycles. The Morgan fingerprint density at radius 3 is 2.16 bits per heavy atom. The smallest absolute Gasteiger partial charge is 0.161 e. The summed E-state index contributed by atoms with van der Waals surface area (Å²) in [5, 5.41) is 6.81. The molecule has 0 unspecified atom stereocenters. The molecule has 3 aromatic carbocycles. The maximum absolute atomic E-state index is 5.94. The SMILES string of the molecule is COc1cc(C=NN2CCN(Cc3ccccc3)CC2)ccc1OCc1ccccc1. The number of hydrogen-bond acceptors (Lipinski definition) is 5. The highest BCUT2D eigenvalue weighted by Gasteiger charge is 2.15. The standard InChI is InChI=1S/C26H29N3O2/c1-30-26-18-24(12-13-25(26)31-21-23-10-6-3-7-11-23)19-27-29-16-14-28(15-17-29)20-22-8-4-2-5-9-22/h2-13,18-19H,14-17,20-21H2,1H3. The zero-order valence-electron chi connectivity index (χ0n) is 18.0. The van der Waals surface area contributed by atoms with E-state index in [1.165, 1.54) is 5.56 Å². The van der Waals surface area contributed by atoms with Crippen LogP contribution in [-0.4, -0.2) is 49.4 Å². The van der Waals surface area contributed by atoms with Gasteiger partial charge in [0.05, 0.1) is 13.3 Å². The van der Waals surface area contributed by atoms with Crippen LogP contribution in [0.5, 0.6) is 11.5 Å². The van der Waals surface area contributed by atoms with Crippen LogP contribution in [0.4, 0.5) is 0 Å². The van der Waals surface area contributed by atoms with Gasteiger partial charge in [-0.3, -0.25) is 9.91 Å². The maximum atomic E-state index is 5.94. The van der Waals surface area contributed by atoms with Crippen molar-refractivity contribution >= 4 is 6.21 Å². The quantitative estimate of drug-likeness (QED) is 0.510. The van der Waals surface area contributed by atoms with Crippen LogP contribution in [0.3, 0.4) is 0 Å². The molecule has 0 amide bonds. The van der Waals surface area contributed by atoms with Crippen LogP contribution in [-0.2, 0) is 13.2 Å². The van der Waals surface area contributed by atoms with Gasteiger partial charge in [0, 0.05) is 32.7 Å². The van der Waals surface area contributed by atoms with Gasteiger partial charge in [-0.15, -0.1) is 0 Å². The molecule has 5 nitrogen and oxygen atoms in total. The van der Waals surface area contributed by atoms with Crippen molar-refractivity contribution in [2.75, 3.05) is 33.3 Å². The summed E-state index contributed by atoms with van der Waals surface area (Å²) in [7, 11) is 1.66. The highest BCUT2D eigenvalue weighted by Crippen LogP contribution is 2.28. The topological polar surface area (TPSA) is 37.3 Å². The van der Waals surface area contributed by atoms with Crippen molar-refractivity contribution in [3.05, 3.63) is 95.6 Å². The Labute approximate surface area is 184 Å². The van der Waals surface area contributed by atoms with E-state index in [0.717, 1.165) is 49.6 Å². The minimum Gasteiger partial charge on any atom is -0.493 e. The molecule has 1 aliphatic rings. The molecule has 5 heteroatoms. The molecule has 0 spiro atoms. The summed E-state index contributed by atoms with van der Waals surface area (Å²) in [6.07, 6.45) is 1.90. The highest BCUT2D eigenvalue weighted by molar-refractivity contribution is 5.80. The summed E-state index contributed by atoms with van der Waals surface area (Å²) in [5.74, 6) is 1.45. The average molecular weight is 416 g/mol. The first-order chi connectivity index (χ1) is 15.3. The minimum atomic E-state index is 0.512. The van der Waals surface area contributed by atoms with Gasteiger partial charge in [-0.1, -0.05) is 60.7 Å². The number of hydrogen-bond donors (Lipinski definition) is 0. The predicted octanol–water partition coefficient (Wildman–Crippen LogP) is 4.43. The van der Waals surface area contributed by atoms with Crippen LogP contribution in [0.25, 0.3) is 0 Å². The Bertz CT molecular complexity index is 968. The van der Waals surface area contributed by atoms with Crippen LogP contribution in [0, 0.1) is 0 Å². The largest absolute Gasteiger partial charge is 0.493 e. The van der Waals surface area contributed by atoms with Gasteiger partial charge in [0.15, 0.2) is 11.5 Å². The number of hydrazone groups is 1. The lowest BCUT2D eigenvalue weighted by molar-refractivity contribution is 0.131. The summed E-state index contributed by atoms with van der Waals surface area (Å²) in [6.45, 7) is 5.40. The van der Waals surface area contributed by atoms with Crippen molar-refractivity contribution in [1.82, 2.24) is 9.91 Å². The molecule has 0 N–H and O–H groups in total. The monoisotopic (exact) mass is 415 g/mol. The van der Waals surface area contributed by atoms with E-state index in [-0.39, 0.29) is 0 Å². The fourth-order valence-corrected chi connectivity index (χ4v) is 3.62. The van der Waals surface area contributed by atoms with Crippen molar-refractivity contribution in [3.63, 3.8) is 0 Å². The summed E-state index contributed by atoms with van der Waals surface area (Å²) < 4.78 is 11.5. The van der Waals surface area contributed by atoms with E-state index in [2.05, 4.69) is 45.3 Å². The van der Waals surface area contributed by atoms with Gasteiger partial charge in [0.1, 0.15) is 6.61 Å². The molecule has 3 aromatic rings. The van der Waals surface area contributed by atoms with Gasteiger partial charge in [-0.2, -0.15) is 5.10 Å². The minimum absolute atomic E-state index is 0.512. The summed E-state index contributed by atoms with van der Waals surface area (Å²) in [4.78, 5) is 2.48. The normalized spacial score (nSPS) is 14.7. The highest BCUT2D eigenvalue weighted by atomic mass is 16.5. The molecule has 160 valence electrons. The molecule has 0 radical (unpaired) electrons. The fraction of sp³-hybridized carbons (Fsp3) is 0.269. The molecule has 0 atom stereocenters. The van der Waals surface area contributed by atoms with Crippen molar-refractivity contribution in [3.8, 4) is 11.5 Å². The number of nitrogens with zero attached hydrogens (tertiary/aromatic N) is 3. The first kappa shape index (κ1) is 20.9. The summed E-state index contributed by atoms with van der Waals surface area (Å²) in [6, 6.07) is 26.7. The summed E-state index contributed by atoms with van der Waals surface area (Å²) >= 11 is 0. The number of benzene rings is 3. The van der Waals surface area contributed by atoms with Crippen molar-refractivity contribution in [2.45, 2.75) is 13.2 Å². The third-order valence-electron chi connectivity index (χ3n) is 5.39. The number of rotatable bonds is 8. The van der Waals surface area contributed by atoms with Gasteiger partial charge in [0.2, 0.25) is 0 Å². The van der Waals surface area contributed by atoms with E-state index in [4.69, 9.17) is 9.47 Å². The zero-order chi connectivity index (χ0) is 21.3. The molecule has 4 rings (SSSR count). The van der Waals surface area contributed by atoms with Crippen molar-refractivity contribution in [2.24, 2.45) is 5.10 Å². The van der Waals surface area contributed by atoms with E-state index >= 15 is 0 Å².